The maximum Gasteiger partial charge on any atom is 0.280 e. The molecule has 5 rings (SSSR count). The Bertz CT molecular complexity index is 1330. The summed E-state index contributed by atoms with van der Waals surface area (Å²) in [5.41, 5.74) is 9.33. The van der Waals surface area contributed by atoms with Crippen molar-refractivity contribution in [3.05, 3.63) is 101 Å². The number of anilines is 1. The normalized spacial score (nSPS) is 20.2. The van der Waals surface area contributed by atoms with Crippen molar-refractivity contribution < 1.29 is 9.47 Å². The zero-order valence-electron chi connectivity index (χ0n) is 18.8. The van der Waals surface area contributed by atoms with E-state index in [1.165, 1.54) is 0 Å². The van der Waals surface area contributed by atoms with Crippen molar-refractivity contribution in [3.63, 3.8) is 0 Å². The van der Waals surface area contributed by atoms with Gasteiger partial charge in [0.25, 0.3) is 5.56 Å². The van der Waals surface area contributed by atoms with Crippen LogP contribution in [0.1, 0.15) is 23.6 Å². The molecule has 3 atom stereocenters. The van der Waals surface area contributed by atoms with Crippen LogP contribution in [-0.2, 0) is 22.7 Å². The molecule has 0 radical (unpaired) electrons. The average molecular weight is 458 g/mol. The Morgan fingerprint density at radius 1 is 1.06 bits per heavy atom. The molecule has 34 heavy (non-hydrogen) atoms. The number of imidazole rings is 1. The molecule has 0 bridgehead atoms. The minimum atomic E-state index is -0.357. The lowest BCUT2D eigenvalue weighted by Gasteiger charge is -2.21. The molecule has 2 aromatic heterocycles. The fourth-order valence-electron chi connectivity index (χ4n) is 4.54. The maximum atomic E-state index is 12.3. The molecule has 3 N–H and O–H groups in total. The van der Waals surface area contributed by atoms with E-state index in [1.54, 1.807) is 6.33 Å². The van der Waals surface area contributed by atoms with E-state index in [4.69, 9.17) is 15.2 Å². The van der Waals surface area contributed by atoms with Crippen LogP contribution in [0, 0.1) is 5.92 Å². The van der Waals surface area contributed by atoms with Gasteiger partial charge in [-0.15, -0.1) is 0 Å². The Balaban J connectivity index is 1.38. The maximum absolute atomic E-state index is 12.3. The first-order valence-corrected chi connectivity index (χ1v) is 11.3. The van der Waals surface area contributed by atoms with Gasteiger partial charge in [0.1, 0.15) is 0 Å². The van der Waals surface area contributed by atoms with E-state index in [9.17, 15) is 4.79 Å². The molecule has 1 saturated carbocycles. The Kier molecular flexibility index (Phi) is 6.24. The molecule has 2 heterocycles. The number of fused-ring (bicyclic) bond motifs is 1. The summed E-state index contributed by atoms with van der Waals surface area (Å²) in [6.45, 7) is 5.89. The number of nitrogens with zero attached hydrogens (tertiary/aromatic N) is 3. The van der Waals surface area contributed by atoms with Crippen molar-refractivity contribution in [2.24, 2.45) is 5.92 Å². The summed E-state index contributed by atoms with van der Waals surface area (Å²) in [5, 5.41) is 0. The van der Waals surface area contributed by atoms with E-state index in [0.717, 1.165) is 16.7 Å². The number of nitrogen functional groups attached to an aromatic ring is 1. The van der Waals surface area contributed by atoms with Crippen LogP contribution in [-0.4, -0.2) is 32.2 Å². The third-order valence-electron chi connectivity index (χ3n) is 6.31. The van der Waals surface area contributed by atoms with Gasteiger partial charge < -0.3 is 19.8 Å². The minimum absolute atomic E-state index is 0.0192. The standard InChI is InChI=1S/C26H27N5O3/c1-17-20(15-33-13-18-8-4-2-5-9-18)22(34-14-19-10-6-3-7-11-19)12-21(17)31-16-28-23-24(31)29-26(27)30-25(23)32/h2-11,16,20-22H,1,12-15H2,(H3,27,29,30,32)/t20-,21+,22+/m1/s1. The smallest absolute Gasteiger partial charge is 0.280 e. The number of rotatable bonds is 8. The highest BCUT2D eigenvalue weighted by molar-refractivity contribution is 5.71. The SMILES string of the molecule is C=C1[C@@H](COCc2ccccc2)[C@@H](OCc2ccccc2)C[C@@H]1n1cnc2c(=O)[nH]c(N)nc21. The molecule has 2 aromatic carbocycles. The zero-order valence-corrected chi connectivity index (χ0v) is 18.8. The van der Waals surface area contributed by atoms with Gasteiger partial charge in [-0.25, -0.2) is 4.98 Å². The highest BCUT2D eigenvalue weighted by atomic mass is 16.5. The second-order valence-electron chi connectivity index (χ2n) is 8.54. The van der Waals surface area contributed by atoms with Gasteiger partial charge in [-0.3, -0.25) is 9.78 Å². The topological polar surface area (TPSA) is 108 Å². The first-order chi connectivity index (χ1) is 16.6. The number of H-pyrrole nitrogens is 1. The van der Waals surface area contributed by atoms with E-state index >= 15 is 0 Å². The molecule has 1 aliphatic rings. The van der Waals surface area contributed by atoms with Crippen molar-refractivity contribution in [2.75, 3.05) is 12.3 Å². The van der Waals surface area contributed by atoms with Crippen molar-refractivity contribution in [1.29, 1.82) is 0 Å². The van der Waals surface area contributed by atoms with E-state index < -0.39 is 0 Å². The molecule has 8 heteroatoms. The van der Waals surface area contributed by atoms with Crippen LogP contribution >= 0.6 is 0 Å². The number of benzene rings is 2. The molecule has 0 amide bonds. The number of hydrogen-bond donors (Lipinski definition) is 2. The number of hydrogen-bond acceptors (Lipinski definition) is 6. The van der Waals surface area contributed by atoms with E-state index in [0.29, 0.717) is 31.9 Å². The van der Waals surface area contributed by atoms with Crippen LogP contribution in [0.25, 0.3) is 11.2 Å². The van der Waals surface area contributed by atoms with Crippen LogP contribution in [0.3, 0.4) is 0 Å². The summed E-state index contributed by atoms with van der Waals surface area (Å²) in [4.78, 5) is 23.4. The predicted molar refractivity (Wildman–Crippen MR) is 130 cm³/mol. The van der Waals surface area contributed by atoms with Crippen molar-refractivity contribution >= 4 is 17.1 Å². The van der Waals surface area contributed by atoms with E-state index in [-0.39, 0.29) is 35.1 Å². The molecular weight excluding hydrogens is 430 g/mol. The molecule has 0 saturated heterocycles. The Hall–Kier alpha value is -3.75. The molecule has 0 spiro atoms. The van der Waals surface area contributed by atoms with Gasteiger partial charge in [0.05, 0.1) is 38.3 Å². The first kappa shape index (κ1) is 22.1. The van der Waals surface area contributed by atoms with Crippen molar-refractivity contribution in [3.8, 4) is 0 Å². The molecule has 1 fully saturated rings. The molecule has 4 aromatic rings. The molecular formula is C26H27N5O3. The summed E-state index contributed by atoms with van der Waals surface area (Å²) in [6, 6.07) is 20.0. The van der Waals surface area contributed by atoms with Gasteiger partial charge >= 0.3 is 0 Å². The highest BCUT2D eigenvalue weighted by Gasteiger charge is 2.40. The monoisotopic (exact) mass is 457 g/mol. The quantitative estimate of drug-likeness (QED) is 0.391. The lowest BCUT2D eigenvalue weighted by Crippen LogP contribution is -2.23. The van der Waals surface area contributed by atoms with Gasteiger partial charge in [0.2, 0.25) is 5.95 Å². The fraction of sp³-hybridized carbons (Fsp3) is 0.269. The third kappa shape index (κ3) is 4.50. The number of aromatic nitrogens is 4. The van der Waals surface area contributed by atoms with Crippen LogP contribution < -0.4 is 11.3 Å². The Morgan fingerprint density at radius 2 is 1.74 bits per heavy atom. The lowest BCUT2D eigenvalue weighted by atomic mass is 10.0. The van der Waals surface area contributed by atoms with Gasteiger partial charge in [-0.2, -0.15) is 4.98 Å². The molecule has 1 aliphatic carbocycles. The fourth-order valence-corrected chi connectivity index (χ4v) is 4.54. The predicted octanol–water partition coefficient (Wildman–Crippen LogP) is 3.62. The van der Waals surface area contributed by atoms with Gasteiger partial charge in [0.15, 0.2) is 11.2 Å². The summed E-state index contributed by atoms with van der Waals surface area (Å²) >= 11 is 0. The van der Waals surface area contributed by atoms with Crippen LogP contribution in [0.15, 0.2) is 83.9 Å². The van der Waals surface area contributed by atoms with Gasteiger partial charge in [0, 0.05) is 5.92 Å². The van der Waals surface area contributed by atoms with Crippen molar-refractivity contribution in [1.82, 2.24) is 19.5 Å². The summed E-state index contributed by atoms with van der Waals surface area (Å²) < 4.78 is 14.3. The minimum Gasteiger partial charge on any atom is -0.376 e. The second-order valence-corrected chi connectivity index (χ2v) is 8.54. The summed E-state index contributed by atoms with van der Waals surface area (Å²) in [5.74, 6) is 0.0386. The molecule has 0 aliphatic heterocycles. The zero-order chi connectivity index (χ0) is 23.5. The van der Waals surface area contributed by atoms with E-state index in [1.807, 2.05) is 65.2 Å². The number of nitrogens with two attached hydrogens (primary N) is 1. The molecule has 0 unspecified atom stereocenters. The Labute approximate surface area is 197 Å². The average Bonchev–Trinajstić information content (AvgIpc) is 3.40. The lowest BCUT2D eigenvalue weighted by molar-refractivity contribution is -0.0122. The van der Waals surface area contributed by atoms with Gasteiger partial charge in [-0.05, 0) is 23.1 Å². The van der Waals surface area contributed by atoms with E-state index in [2.05, 4.69) is 21.5 Å². The third-order valence-corrected chi connectivity index (χ3v) is 6.31. The largest absolute Gasteiger partial charge is 0.376 e. The van der Waals surface area contributed by atoms with Crippen LogP contribution in [0.4, 0.5) is 5.95 Å². The van der Waals surface area contributed by atoms with Crippen LogP contribution in [0.2, 0.25) is 0 Å². The number of aromatic amines is 1. The first-order valence-electron chi connectivity index (χ1n) is 11.3. The molecule has 8 nitrogen and oxygen atoms in total. The van der Waals surface area contributed by atoms with Crippen LogP contribution in [0.5, 0.6) is 0 Å². The Morgan fingerprint density at radius 3 is 2.44 bits per heavy atom. The highest BCUT2D eigenvalue weighted by Crippen LogP contribution is 2.42. The van der Waals surface area contributed by atoms with Crippen molar-refractivity contribution in [2.45, 2.75) is 31.8 Å². The summed E-state index contributed by atoms with van der Waals surface area (Å²) in [6.07, 6.45) is 2.19. The number of ether oxygens (including phenoxy) is 2. The number of nitrogens with one attached hydrogen (secondary N) is 1. The van der Waals surface area contributed by atoms with Gasteiger partial charge in [-0.1, -0.05) is 67.2 Å². The second kappa shape index (κ2) is 9.62. The molecule has 174 valence electrons. The summed E-state index contributed by atoms with van der Waals surface area (Å²) in [7, 11) is 0.